The Hall–Kier alpha value is -2.06. The van der Waals surface area contributed by atoms with Gasteiger partial charge in [0.15, 0.2) is 0 Å². The Labute approximate surface area is 99.7 Å². The molecule has 0 aliphatic rings. The molecular weight excluding hydrogens is 210 g/mol. The molecule has 1 heterocycles. The van der Waals surface area contributed by atoms with E-state index in [9.17, 15) is 0 Å². The molecule has 0 saturated heterocycles. The van der Waals surface area contributed by atoms with Crippen LogP contribution in [-0.2, 0) is 6.54 Å². The Morgan fingerprint density at radius 2 is 1.88 bits per heavy atom. The number of rotatable bonds is 2. The van der Waals surface area contributed by atoms with Crippen molar-refractivity contribution < 1.29 is 4.42 Å². The monoisotopic (exact) mass is 223 g/mol. The van der Waals surface area contributed by atoms with Gasteiger partial charge in [-0.3, -0.25) is 0 Å². The molecule has 0 unspecified atom stereocenters. The Balaban J connectivity index is 2.23. The van der Waals surface area contributed by atoms with Crippen LogP contribution in [0.15, 0.2) is 59.4 Å². The van der Waals surface area contributed by atoms with E-state index in [4.69, 9.17) is 10.2 Å². The number of furan rings is 1. The Kier molecular flexibility index (Phi) is 2.42. The number of fused-ring (bicyclic) bond motifs is 1. The zero-order valence-corrected chi connectivity index (χ0v) is 9.39. The molecule has 0 amide bonds. The SMILES string of the molecule is NCc1cccc(-c2cccc3cocc23)c1. The molecule has 3 aromatic rings. The van der Waals surface area contributed by atoms with E-state index in [1.165, 1.54) is 11.1 Å². The average molecular weight is 223 g/mol. The quantitative estimate of drug-likeness (QED) is 0.721. The zero-order valence-electron chi connectivity index (χ0n) is 9.39. The molecule has 1 aromatic heterocycles. The van der Waals surface area contributed by atoms with Gasteiger partial charge < -0.3 is 10.2 Å². The fourth-order valence-electron chi connectivity index (χ4n) is 2.11. The zero-order chi connectivity index (χ0) is 11.7. The molecule has 0 aliphatic heterocycles. The van der Waals surface area contributed by atoms with Crippen LogP contribution in [0.2, 0.25) is 0 Å². The van der Waals surface area contributed by atoms with Crippen LogP contribution in [0.3, 0.4) is 0 Å². The normalized spacial score (nSPS) is 10.9. The van der Waals surface area contributed by atoms with E-state index in [-0.39, 0.29) is 0 Å². The van der Waals surface area contributed by atoms with Gasteiger partial charge in [0, 0.05) is 17.3 Å². The molecule has 0 bridgehead atoms. The number of nitrogens with two attached hydrogens (primary N) is 1. The summed E-state index contributed by atoms with van der Waals surface area (Å²) in [4.78, 5) is 0. The van der Waals surface area contributed by atoms with Gasteiger partial charge in [-0.2, -0.15) is 0 Å². The van der Waals surface area contributed by atoms with Gasteiger partial charge in [-0.05, 0) is 22.8 Å². The van der Waals surface area contributed by atoms with E-state index in [0.29, 0.717) is 6.54 Å². The molecule has 0 atom stereocenters. The van der Waals surface area contributed by atoms with Crippen LogP contribution < -0.4 is 5.73 Å². The molecule has 0 radical (unpaired) electrons. The molecule has 84 valence electrons. The lowest BCUT2D eigenvalue weighted by atomic mass is 9.99. The maximum absolute atomic E-state index is 5.67. The van der Waals surface area contributed by atoms with E-state index in [1.54, 1.807) is 12.5 Å². The van der Waals surface area contributed by atoms with Gasteiger partial charge >= 0.3 is 0 Å². The number of hydrogen-bond donors (Lipinski definition) is 1. The maximum atomic E-state index is 5.67. The van der Waals surface area contributed by atoms with Crippen LogP contribution in [-0.4, -0.2) is 0 Å². The first-order chi connectivity index (χ1) is 8.38. The lowest BCUT2D eigenvalue weighted by Gasteiger charge is -2.05. The van der Waals surface area contributed by atoms with E-state index in [2.05, 4.69) is 24.3 Å². The van der Waals surface area contributed by atoms with E-state index in [0.717, 1.165) is 16.3 Å². The van der Waals surface area contributed by atoms with Crippen LogP contribution in [0.25, 0.3) is 21.9 Å². The van der Waals surface area contributed by atoms with Crippen LogP contribution >= 0.6 is 0 Å². The summed E-state index contributed by atoms with van der Waals surface area (Å²) in [6.07, 6.45) is 3.56. The molecule has 2 aromatic carbocycles. The smallest absolute Gasteiger partial charge is 0.0987 e. The highest BCUT2D eigenvalue weighted by Gasteiger charge is 2.05. The molecule has 3 rings (SSSR count). The molecule has 17 heavy (non-hydrogen) atoms. The van der Waals surface area contributed by atoms with E-state index in [1.807, 2.05) is 18.2 Å². The summed E-state index contributed by atoms with van der Waals surface area (Å²) in [5.41, 5.74) is 9.18. The van der Waals surface area contributed by atoms with Crippen LogP contribution in [0, 0.1) is 0 Å². The Bertz CT molecular complexity index is 655. The van der Waals surface area contributed by atoms with E-state index >= 15 is 0 Å². The summed E-state index contributed by atoms with van der Waals surface area (Å²) in [6, 6.07) is 14.5. The highest BCUT2D eigenvalue weighted by Crippen LogP contribution is 2.29. The minimum absolute atomic E-state index is 0.565. The third-order valence-electron chi connectivity index (χ3n) is 2.99. The molecule has 2 N–H and O–H groups in total. The van der Waals surface area contributed by atoms with Crippen molar-refractivity contribution >= 4 is 10.8 Å². The second-order valence-electron chi connectivity index (χ2n) is 4.08. The number of hydrogen-bond acceptors (Lipinski definition) is 2. The van der Waals surface area contributed by atoms with Crippen molar-refractivity contribution in [3.63, 3.8) is 0 Å². The predicted octanol–water partition coefficient (Wildman–Crippen LogP) is 3.56. The fraction of sp³-hybridized carbons (Fsp3) is 0.0667. The van der Waals surface area contributed by atoms with Crippen molar-refractivity contribution in [3.05, 3.63) is 60.6 Å². The summed E-state index contributed by atoms with van der Waals surface area (Å²) in [6.45, 7) is 0.565. The van der Waals surface area contributed by atoms with E-state index < -0.39 is 0 Å². The third-order valence-corrected chi connectivity index (χ3v) is 2.99. The number of benzene rings is 2. The highest BCUT2D eigenvalue weighted by atomic mass is 16.3. The Morgan fingerprint density at radius 1 is 1.00 bits per heavy atom. The lowest BCUT2D eigenvalue weighted by Crippen LogP contribution is -1.95. The first-order valence-electron chi connectivity index (χ1n) is 5.63. The topological polar surface area (TPSA) is 39.2 Å². The van der Waals surface area contributed by atoms with Crippen molar-refractivity contribution in [2.45, 2.75) is 6.54 Å². The first-order valence-corrected chi connectivity index (χ1v) is 5.63. The highest BCUT2D eigenvalue weighted by molar-refractivity contribution is 5.95. The largest absolute Gasteiger partial charge is 0.471 e. The molecule has 2 nitrogen and oxygen atoms in total. The van der Waals surface area contributed by atoms with Gasteiger partial charge in [-0.25, -0.2) is 0 Å². The first kappa shape index (κ1) is 10.1. The van der Waals surface area contributed by atoms with Gasteiger partial charge in [0.25, 0.3) is 0 Å². The van der Waals surface area contributed by atoms with Crippen LogP contribution in [0.4, 0.5) is 0 Å². The van der Waals surface area contributed by atoms with Gasteiger partial charge in [0.05, 0.1) is 12.5 Å². The minimum atomic E-state index is 0.565. The Morgan fingerprint density at radius 3 is 2.76 bits per heavy atom. The summed E-state index contributed by atoms with van der Waals surface area (Å²) in [5, 5.41) is 2.27. The second-order valence-corrected chi connectivity index (χ2v) is 4.08. The summed E-state index contributed by atoms with van der Waals surface area (Å²) in [5.74, 6) is 0. The summed E-state index contributed by atoms with van der Waals surface area (Å²) >= 11 is 0. The maximum Gasteiger partial charge on any atom is 0.0987 e. The van der Waals surface area contributed by atoms with Crippen molar-refractivity contribution in [1.82, 2.24) is 0 Å². The summed E-state index contributed by atoms with van der Waals surface area (Å²) < 4.78 is 5.26. The van der Waals surface area contributed by atoms with Crippen LogP contribution in [0.5, 0.6) is 0 Å². The minimum Gasteiger partial charge on any atom is -0.471 e. The van der Waals surface area contributed by atoms with Crippen molar-refractivity contribution in [2.75, 3.05) is 0 Å². The van der Waals surface area contributed by atoms with Gasteiger partial charge in [-0.15, -0.1) is 0 Å². The third kappa shape index (κ3) is 1.73. The van der Waals surface area contributed by atoms with Gasteiger partial charge in [0.2, 0.25) is 0 Å². The molecule has 2 heteroatoms. The van der Waals surface area contributed by atoms with Crippen molar-refractivity contribution in [1.29, 1.82) is 0 Å². The molecule has 0 aliphatic carbocycles. The predicted molar refractivity (Wildman–Crippen MR) is 69.5 cm³/mol. The van der Waals surface area contributed by atoms with Crippen LogP contribution in [0.1, 0.15) is 5.56 Å². The van der Waals surface area contributed by atoms with Crippen molar-refractivity contribution in [2.24, 2.45) is 5.73 Å². The average Bonchev–Trinajstić information content (AvgIpc) is 2.87. The summed E-state index contributed by atoms with van der Waals surface area (Å²) in [7, 11) is 0. The fourth-order valence-corrected chi connectivity index (χ4v) is 2.11. The second kappa shape index (κ2) is 4.07. The van der Waals surface area contributed by atoms with Crippen molar-refractivity contribution in [3.8, 4) is 11.1 Å². The standard InChI is InChI=1S/C15H13NO/c16-8-11-3-1-4-12(7-11)14-6-2-5-13-9-17-10-15(13)14/h1-7,9-10H,8,16H2. The molecule has 0 saturated carbocycles. The lowest BCUT2D eigenvalue weighted by molar-refractivity contribution is 0.572. The molecule has 0 fully saturated rings. The molecule has 0 spiro atoms. The van der Waals surface area contributed by atoms with Gasteiger partial charge in [-0.1, -0.05) is 36.4 Å². The van der Waals surface area contributed by atoms with Gasteiger partial charge in [0.1, 0.15) is 0 Å². The molecular formula is C15H13NO.